The topological polar surface area (TPSA) is 80.0 Å². The van der Waals surface area contributed by atoms with E-state index in [1.807, 2.05) is 24.0 Å². The van der Waals surface area contributed by atoms with Gasteiger partial charge < -0.3 is 11.5 Å². The summed E-state index contributed by atoms with van der Waals surface area (Å²) in [6.45, 7) is 8.42. The quantitative estimate of drug-likeness (QED) is 0.886. The van der Waals surface area contributed by atoms with Crippen molar-refractivity contribution in [1.29, 1.82) is 0 Å². The Morgan fingerprint density at radius 1 is 1.20 bits per heavy atom. The van der Waals surface area contributed by atoms with Crippen molar-refractivity contribution in [3.8, 4) is 0 Å². The molecule has 1 aromatic carbocycles. The number of rotatable bonds is 3. The average molecular weight is 273 g/mol. The van der Waals surface area contributed by atoms with Crippen LogP contribution in [0.25, 0.3) is 0 Å². The minimum Gasteiger partial charge on any atom is -0.369 e. The first-order valence-electron chi connectivity index (χ1n) is 6.88. The van der Waals surface area contributed by atoms with Gasteiger partial charge in [-0.25, -0.2) is 4.99 Å². The van der Waals surface area contributed by atoms with E-state index in [9.17, 15) is 0 Å². The van der Waals surface area contributed by atoms with E-state index in [0.717, 1.165) is 12.1 Å². The van der Waals surface area contributed by atoms with Gasteiger partial charge in [0.05, 0.1) is 0 Å². The highest BCUT2D eigenvalue weighted by Crippen LogP contribution is 2.32. The van der Waals surface area contributed by atoms with E-state index in [1.54, 1.807) is 0 Å². The SMILES string of the molecule is Cc1ccc(N2C(N)=NC(N)=NC2(C)CC(C)C)cc1. The number of benzene rings is 1. The molecule has 108 valence electrons. The molecule has 0 aliphatic carbocycles. The highest BCUT2D eigenvalue weighted by Gasteiger charge is 2.37. The van der Waals surface area contributed by atoms with Gasteiger partial charge in [-0.05, 0) is 38.3 Å². The number of hydrogen-bond acceptors (Lipinski definition) is 5. The summed E-state index contributed by atoms with van der Waals surface area (Å²) in [7, 11) is 0. The van der Waals surface area contributed by atoms with Crippen molar-refractivity contribution in [3.63, 3.8) is 0 Å². The Morgan fingerprint density at radius 3 is 2.35 bits per heavy atom. The third-order valence-corrected chi connectivity index (χ3v) is 3.38. The molecule has 20 heavy (non-hydrogen) atoms. The van der Waals surface area contributed by atoms with Crippen LogP contribution in [0.1, 0.15) is 32.8 Å². The number of aryl methyl sites for hydroxylation is 1. The van der Waals surface area contributed by atoms with E-state index in [1.165, 1.54) is 5.56 Å². The molecule has 2 rings (SSSR count). The Kier molecular flexibility index (Phi) is 3.70. The fraction of sp³-hybridized carbons (Fsp3) is 0.467. The average Bonchev–Trinajstić information content (AvgIpc) is 2.28. The Bertz CT molecular complexity index is 544. The molecule has 0 bridgehead atoms. The van der Waals surface area contributed by atoms with E-state index < -0.39 is 5.66 Å². The van der Waals surface area contributed by atoms with Gasteiger partial charge in [-0.15, -0.1) is 0 Å². The lowest BCUT2D eigenvalue weighted by molar-refractivity contribution is 0.379. The first-order valence-corrected chi connectivity index (χ1v) is 6.88. The van der Waals surface area contributed by atoms with Gasteiger partial charge in [0.2, 0.25) is 11.9 Å². The van der Waals surface area contributed by atoms with Gasteiger partial charge in [0.1, 0.15) is 5.66 Å². The van der Waals surface area contributed by atoms with Crippen LogP contribution < -0.4 is 16.4 Å². The normalized spacial score (nSPS) is 22.8. The van der Waals surface area contributed by atoms with Crippen LogP contribution >= 0.6 is 0 Å². The second kappa shape index (κ2) is 5.15. The molecule has 1 heterocycles. The van der Waals surface area contributed by atoms with Crippen molar-refractivity contribution in [2.24, 2.45) is 27.4 Å². The summed E-state index contributed by atoms with van der Waals surface area (Å²) in [5.41, 5.74) is 13.6. The predicted molar refractivity (Wildman–Crippen MR) is 84.8 cm³/mol. The van der Waals surface area contributed by atoms with Crippen molar-refractivity contribution < 1.29 is 0 Å². The van der Waals surface area contributed by atoms with Crippen molar-refractivity contribution in [3.05, 3.63) is 29.8 Å². The molecule has 0 amide bonds. The molecule has 1 aliphatic heterocycles. The second-order valence-corrected chi connectivity index (χ2v) is 5.93. The van der Waals surface area contributed by atoms with Crippen molar-refractivity contribution in [2.45, 2.75) is 39.8 Å². The molecule has 0 spiro atoms. The van der Waals surface area contributed by atoms with Crippen molar-refractivity contribution in [1.82, 2.24) is 0 Å². The van der Waals surface area contributed by atoms with Crippen LogP contribution in [0, 0.1) is 12.8 Å². The number of nitrogens with two attached hydrogens (primary N) is 2. The standard InChI is InChI=1S/C15H23N5/c1-10(2)9-15(4)19-13(16)18-14(17)20(15)12-7-5-11(3)6-8-12/h5-8,10H,9H2,1-4H3,(H4,16,17,18,19). The zero-order chi connectivity index (χ0) is 14.9. The van der Waals surface area contributed by atoms with E-state index in [4.69, 9.17) is 11.5 Å². The molecule has 1 unspecified atom stereocenters. The monoisotopic (exact) mass is 273 g/mol. The zero-order valence-corrected chi connectivity index (χ0v) is 12.6. The van der Waals surface area contributed by atoms with E-state index in [2.05, 4.69) is 42.9 Å². The van der Waals surface area contributed by atoms with Crippen LogP contribution in [0.4, 0.5) is 5.69 Å². The summed E-state index contributed by atoms with van der Waals surface area (Å²) in [4.78, 5) is 10.6. The minimum atomic E-state index is -0.501. The molecule has 0 radical (unpaired) electrons. The molecule has 0 fully saturated rings. The van der Waals surface area contributed by atoms with Gasteiger partial charge in [0, 0.05) is 5.69 Å². The molecule has 1 atom stereocenters. The zero-order valence-electron chi connectivity index (χ0n) is 12.6. The van der Waals surface area contributed by atoms with E-state index in [0.29, 0.717) is 11.9 Å². The maximum atomic E-state index is 6.11. The highest BCUT2D eigenvalue weighted by molar-refractivity contribution is 6.05. The Balaban J connectivity index is 2.46. The van der Waals surface area contributed by atoms with Gasteiger partial charge in [-0.1, -0.05) is 31.5 Å². The predicted octanol–water partition coefficient (Wildman–Crippen LogP) is 2.21. The minimum absolute atomic E-state index is 0.244. The largest absolute Gasteiger partial charge is 0.369 e. The summed E-state index contributed by atoms with van der Waals surface area (Å²) in [6.07, 6.45) is 0.845. The number of hydrogen-bond donors (Lipinski definition) is 2. The molecule has 0 saturated heterocycles. The van der Waals surface area contributed by atoms with Gasteiger partial charge in [0.25, 0.3) is 0 Å². The first-order chi connectivity index (χ1) is 9.32. The summed E-state index contributed by atoms with van der Waals surface area (Å²) < 4.78 is 0. The molecular weight excluding hydrogens is 250 g/mol. The molecule has 0 saturated carbocycles. The lowest BCUT2D eigenvalue weighted by atomic mass is 9.96. The van der Waals surface area contributed by atoms with Gasteiger partial charge >= 0.3 is 0 Å². The maximum absolute atomic E-state index is 6.11. The van der Waals surface area contributed by atoms with Crippen LogP contribution in [-0.4, -0.2) is 17.6 Å². The molecule has 1 aromatic rings. The number of nitrogens with zero attached hydrogens (tertiary/aromatic N) is 3. The van der Waals surface area contributed by atoms with Crippen LogP contribution in [0.5, 0.6) is 0 Å². The number of aliphatic imine (C=N–C) groups is 2. The fourth-order valence-corrected chi connectivity index (χ4v) is 2.75. The smallest absolute Gasteiger partial charge is 0.220 e. The summed E-state index contributed by atoms with van der Waals surface area (Å²) >= 11 is 0. The van der Waals surface area contributed by atoms with Crippen LogP contribution in [0.3, 0.4) is 0 Å². The Morgan fingerprint density at radius 2 is 1.80 bits per heavy atom. The van der Waals surface area contributed by atoms with E-state index in [-0.39, 0.29) is 5.96 Å². The lowest BCUT2D eigenvalue weighted by Gasteiger charge is -2.42. The molecule has 5 nitrogen and oxygen atoms in total. The summed E-state index contributed by atoms with van der Waals surface area (Å²) in [5.74, 6) is 1.11. The molecular formula is C15H23N5. The summed E-state index contributed by atoms with van der Waals surface area (Å²) in [6, 6.07) is 8.18. The van der Waals surface area contributed by atoms with Crippen molar-refractivity contribution >= 4 is 17.6 Å². The third-order valence-electron chi connectivity index (χ3n) is 3.38. The Hall–Kier alpha value is -2.04. The van der Waals surface area contributed by atoms with Crippen LogP contribution in [0.15, 0.2) is 34.3 Å². The third kappa shape index (κ3) is 2.76. The number of anilines is 1. The second-order valence-electron chi connectivity index (χ2n) is 5.93. The lowest BCUT2D eigenvalue weighted by Crippen LogP contribution is -2.56. The first kappa shape index (κ1) is 14.4. The molecule has 0 aromatic heterocycles. The van der Waals surface area contributed by atoms with Crippen LogP contribution in [-0.2, 0) is 0 Å². The van der Waals surface area contributed by atoms with E-state index >= 15 is 0 Å². The van der Waals surface area contributed by atoms with Gasteiger partial charge in [0.15, 0.2) is 0 Å². The fourth-order valence-electron chi connectivity index (χ4n) is 2.75. The van der Waals surface area contributed by atoms with Crippen molar-refractivity contribution in [2.75, 3.05) is 4.90 Å². The molecule has 1 aliphatic rings. The summed E-state index contributed by atoms with van der Waals surface area (Å²) in [5, 5.41) is 0. The maximum Gasteiger partial charge on any atom is 0.220 e. The molecule has 4 N–H and O–H groups in total. The van der Waals surface area contributed by atoms with Gasteiger partial charge in [-0.3, -0.25) is 4.90 Å². The highest BCUT2D eigenvalue weighted by atomic mass is 15.4. The number of guanidine groups is 2. The Labute approximate surface area is 120 Å². The molecule has 5 heteroatoms. The van der Waals surface area contributed by atoms with Gasteiger partial charge in [-0.2, -0.15) is 4.99 Å². The van der Waals surface area contributed by atoms with Crippen LogP contribution in [0.2, 0.25) is 0 Å².